The number of morpholine rings is 1. The predicted molar refractivity (Wildman–Crippen MR) is 72.2 cm³/mol. The van der Waals surface area contributed by atoms with Gasteiger partial charge in [-0.1, -0.05) is 0 Å². The van der Waals surface area contributed by atoms with E-state index in [0.717, 1.165) is 13.1 Å². The standard InChI is InChI=1S/C13H27N3O/c1-11(2,3)15-10(14)16-8-12(4,5)17-13(6,7)9-16/h8-9H2,1-7H3,(H2,14,15). The van der Waals surface area contributed by atoms with E-state index < -0.39 is 0 Å². The van der Waals surface area contributed by atoms with Gasteiger partial charge in [0.05, 0.1) is 16.7 Å². The summed E-state index contributed by atoms with van der Waals surface area (Å²) >= 11 is 0. The molecule has 1 aliphatic rings. The van der Waals surface area contributed by atoms with Crippen molar-refractivity contribution in [2.24, 2.45) is 10.7 Å². The van der Waals surface area contributed by atoms with Gasteiger partial charge in [-0.05, 0) is 48.5 Å². The third-order valence-corrected chi connectivity index (χ3v) is 2.47. The van der Waals surface area contributed by atoms with Gasteiger partial charge in [-0.25, -0.2) is 4.99 Å². The van der Waals surface area contributed by atoms with E-state index in [1.807, 2.05) is 0 Å². The molecule has 0 aromatic rings. The number of nitrogens with zero attached hydrogens (tertiary/aromatic N) is 2. The largest absolute Gasteiger partial charge is 0.370 e. The normalized spacial score (nSPS) is 24.9. The Morgan fingerprint density at radius 3 is 1.88 bits per heavy atom. The van der Waals surface area contributed by atoms with E-state index in [2.05, 4.69) is 58.4 Å². The van der Waals surface area contributed by atoms with Gasteiger partial charge in [-0.3, -0.25) is 0 Å². The van der Waals surface area contributed by atoms with Crippen molar-refractivity contribution in [2.45, 2.75) is 65.2 Å². The average Bonchev–Trinajstić information content (AvgIpc) is 1.93. The highest BCUT2D eigenvalue weighted by Gasteiger charge is 2.39. The van der Waals surface area contributed by atoms with Crippen LogP contribution in [0.25, 0.3) is 0 Å². The van der Waals surface area contributed by atoms with E-state index >= 15 is 0 Å². The summed E-state index contributed by atoms with van der Waals surface area (Å²) in [6.07, 6.45) is 0. The maximum Gasteiger partial charge on any atom is 0.191 e. The SMILES string of the molecule is CC(C)(C)N=C(N)N1CC(C)(C)OC(C)(C)C1. The number of nitrogens with two attached hydrogens (primary N) is 1. The lowest BCUT2D eigenvalue weighted by Crippen LogP contribution is -2.60. The Balaban J connectivity index is 2.88. The highest BCUT2D eigenvalue weighted by molar-refractivity contribution is 5.78. The van der Waals surface area contributed by atoms with Crippen molar-refractivity contribution in [3.63, 3.8) is 0 Å². The molecule has 0 amide bonds. The molecule has 17 heavy (non-hydrogen) atoms. The van der Waals surface area contributed by atoms with Crippen LogP contribution in [0.4, 0.5) is 0 Å². The number of rotatable bonds is 0. The summed E-state index contributed by atoms with van der Waals surface area (Å²) in [6, 6.07) is 0. The van der Waals surface area contributed by atoms with Crippen molar-refractivity contribution in [3.05, 3.63) is 0 Å². The lowest BCUT2D eigenvalue weighted by atomic mass is 9.99. The van der Waals surface area contributed by atoms with Gasteiger partial charge < -0.3 is 15.4 Å². The Morgan fingerprint density at radius 1 is 1.12 bits per heavy atom. The van der Waals surface area contributed by atoms with Crippen LogP contribution in [-0.4, -0.2) is 40.7 Å². The minimum atomic E-state index is -0.195. The van der Waals surface area contributed by atoms with Crippen molar-refractivity contribution in [2.75, 3.05) is 13.1 Å². The van der Waals surface area contributed by atoms with Crippen LogP contribution < -0.4 is 5.73 Å². The van der Waals surface area contributed by atoms with Gasteiger partial charge in [0.25, 0.3) is 0 Å². The molecule has 4 heteroatoms. The third kappa shape index (κ3) is 4.54. The maximum absolute atomic E-state index is 6.10. The Morgan fingerprint density at radius 2 is 1.53 bits per heavy atom. The number of hydrogen-bond acceptors (Lipinski definition) is 2. The van der Waals surface area contributed by atoms with Gasteiger partial charge in [0.1, 0.15) is 0 Å². The third-order valence-electron chi connectivity index (χ3n) is 2.47. The lowest BCUT2D eigenvalue weighted by Gasteiger charge is -2.47. The molecule has 0 saturated carbocycles. The second-order valence-corrected chi connectivity index (χ2v) is 7.12. The first kappa shape index (κ1) is 14.3. The first-order chi connectivity index (χ1) is 7.40. The zero-order valence-electron chi connectivity index (χ0n) is 12.3. The molecule has 0 bridgehead atoms. The summed E-state index contributed by atoms with van der Waals surface area (Å²) in [7, 11) is 0. The summed E-state index contributed by atoms with van der Waals surface area (Å²) in [4.78, 5) is 6.65. The molecule has 4 nitrogen and oxygen atoms in total. The lowest BCUT2D eigenvalue weighted by molar-refractivity contribution is -0.167. The molecule has 0 aliphatic carbocycles. The van der Waals surface area contributed by atoms with Gasteiger partial charge in [0.2, 0.25) is 0 Å². The van der Waals surface area contributed by atoms with E-state index in [-0.39, 0.29) is 16.7 Å². The zero-order valence-corrected chi connectivity index (χ0v) is 12.3. The van der Waals surface area contributed by atoms with Crippen LogP contribution in [0, 0.1) is 0 Å². The van der Waals surface area contributed by atoms with Crippen LogP contribution >= 0.6 is 0 Å². The Labute approximate surface area is 105 Å². The van der Waals surface area contributed by atoms with Gasteiger partial charge in [0, 0.05) is 13.1 Å². The molecule has 1 fully saturated rings. The quantitative estimate of drug-likeness (QED) is 0.521. The minimum Gasteiger partial charge on any atom is -0.370 e. The maximum atomic E-state index is 6.10. The average molecular weight is 241 g/mol. The van der Waals surface area contributed by atoms with Crippen molar-refractivity contribution >= 4 is 5.96 Å². The van der Waals surface area contributed by atoms with Crippen LogP contribution in [0.1, 0.15) is 48.5 Å². The highest BCUT2D eigenvalue weighted by Crippen LogP contribution is 2.28. The van der Waals surface area contributed by atoms with Crippen LogP contribution in [0.5, 0.6) is 0 Å². The molecule has 0 aromatic carbocycles. The number of ether oxygens (including phenoxy) is 1. The van der Waals surface area contributed by atoms with E-state index in [9.17, 15) is 0 Å². The number of aliphatic imine (C=N–C) groups is 1. The monoisotopic (exact) mass is 241 g/mol. The molecule has 0 atom stereocenters. The fraction of sp³-hybridized carbons (Fsp3) is 0.923. The Hall–Kier alpha value is -0.770. The van der Waals surface area contributed by atoms with Crippen LogP contribution in [0.2, 0.25) is 0 Å². The van der Waals surface area contributed by atoms with Crippen LogP contribution in [-0.2, 0) is 4.74 Å². The number of guanidine groups is 1. The fourth-order valence-electron chi connectivity index (χ4n) is 2.36. The Bertz CT molecular complexity index is 297. The second-order valence-electron chi connectivity index (χ2n) is 7.12. The van der Waals surface area contributed by atoms with Crippen LogP contribution in [0.3, 0.4) is 0 Å². The van der Waals surface area contributed by atoms with Crippen molar-refractivity contribution in [1.29, 1.82) is 0 Å². The van der Waals surface area contributed by atoms with Gasteiger partial charge >= 0.3 is 0 Å². The summed E-state index contributed by atoms with van der Waals surface area (Å²) in [5, 5.41) is 0. The summed E-state index contributed by atoms with van der Waals surface area (Å²) in [5.74, 6) is 0.613. The summed E-state index contributed by atoms with van der Waals surface area (Å²) < 4.78 is 6.02. The minimum absolute atomic E-state index is 0.142. The van der Waals surface area contributed by atoms with Crippen molar-refractivity contribution in [3.8, 4) is 0 Å². The molecule has 1 heterocycles. The molecule has 1 rings (SSSR count). The van der Waals surface area contributed by atoms with Gasteiger partial charge in [-0.2, -0.15) is 0 Å². The van der Waals surface area contributed by atoms with E-state index in [0.29, 0.717) is 5.96 Å². The molecule has 100 valence electrons. The van der Waals surface area contributed by atoms with E-state index in [4.69, 9.17) is 10.5 Å². The summed E-state index contributed by atoms with van der Waals surface area (Å²) in [6.45, 7) is 16.1. The molecule has 1 saturated heterocycles. The highest BCUT2D eigenvalue weighted by atomic mass is 16.5. The van der Waals surface area contributed by atoms with E-state index in [1.165, 1.54) is 0 Å². The molecule has 2 N–H and O–H groups in total. The first-order valence-electron chi connectivity index (χ1n) is 6.21. The molecular weight excluding hydrogens is 214 g/mol. The molecular formula is C13H27N3O. The first-order valence-corrected chi connectivity index (χ1v) is 6.21. The smallest absolute Gasteiger partial charge is 0.191 e. The van der Waals surface area contributed by atoms with Gasteiger partial charge in [-0.15, -0.1) is 0 Å². The number of hydrogen-bond donors (Lipinski definition) is 1. The van der Waals surface area contributed by atoms with Crippen molar-refractivity contribution in [1.82, 2.24) is 4.90 Å². The summed E-state index contributed by atoms with van der Waals surface area (Å²) in [5.41, 5.74) is 5.57. The fourth-order valence-corrected chi connectivity index (χ4v) is 2.36. The molecule has 0 aromatic heterocycles. The topological polar surface area (TPSA) is 50.8 Å². The zero-order chi connectivity index (χ0) is 13.5. The molecule has 0 unspecified atom stereocenters. The molecule has 0 spiro atoms. The van der Waals surface area contributed by atoms with Crippen LogP contribution in [0.15, 0.2) is 4.99 Å². The molecule has 0 radical (unpaired) electrons. The predicted octanol–water partition coefficient (Wildman–Crippen LogP) is 1.99. The second kappa shape index (κ2) is 4.16. The van der Waals surface area contributed by atoms with Gasteiger partial charge in [0.15, 0.2) is 5.96 Å². The van der Waals surface area contributed by atoms with Crippen molar-refractivity contribution < 1.29 is 4.74 Å². The van der Waals surface area contributed by atoms with E-state index in [1.54, 1.807) is 0 Å². The molecule has 1 aliphatic heterocycles. The Kier molecular flexibility index (Phi) is 3.50.